The quantitative estimate of drug-likeness (QED) is 0.878. The van der Waals surface area contributed by atoms with Gasteiger partial charge in [0.2, 0.25) is 5.95 Å². The van der Waals surface area contributed by atoms with Gasteiger partial charge in [0.25, 0.3) is 5.56 Å². The first-order valence-electron chi connectivity index (χ1n) is 5.25. The minimum Gasteiger partial charge on any atom is -0.324 e. The normalized spacial score (nSPS) is 11.4. The highest BCUT2D eigenvalue weighted by atomic mass is 19.4. The Kier molecular flexibility index (Phi) is 3.24. The largest absolute Gasteiger partial charge is 0.418 e. The summed E-state index contributed by atoms with van der Waals surface area (Å²) in [4.78, 5) is 13.6. The molecular weight excluding hydrogens is 261 g/mol. The highest BCUT2D eigenvalue weighted by molar-refractivity contribution is 5.59. The van der Waals surface area contributed by atoms with E-state index in [2.05, 4.69) is 20.5 Å². The zero-order valence-electron chi connectivity index (χ0n) is 9.75. The standard InChI is InChI=1S/C11H9F3N4O/c1-6-9(19)16-10(18-17-6)15-8-5-3-2-4-7(8)11(12,13)14/h2-5H,1H3,(H2,15,16,18,19). The van der Waals surface area contributed by atoms with Crippen LogP contribution in [0.4, 0.5) is 24.8 Å². The molecule has 0 saturated carbocycles. The smallest absolute Gasteiger partial charge is 0.324 e. The van der Waals surface area contributed by atoms with Gasteiger partial charge >= 0.3 is 6.18 Å². The van der Waals surface area contributed by atoms with Gasteiger partial charge < -0.3 is 5.32 Å². The Morgan fingerprint density at radius 1 is 1.21 bits per heavy atom. The van der Waals surface area contributed by atoms with Crippen molar-refractivity contribution < 1.29 is 13.2 Å². The fourth-order valence-corrected chi connectivity index (χ4v) is 1.42. The number of H-pyrrole nitrogens is 1. The Balaban J connectivity index is 2.38. The second kappa shape index (κ2) is 4.71. The zero-order chi connectivity index (χ0) is 14.0. The summed E-state index contributed by atoms with van der Waals surface area (Å²) in [6, 6.07) is 4.89. The number of halogens is 3. The van der Waals surface area contributed by atoms with Crippen molar-refractivity contribution in [3.63, 3.8) is 0 Å². The van der Waals surface area contributed by atoms with Crippen molar-refractivity contribution in [2.75, 3.05) is 5.32 Å². The average Bonchev–Trinajstić information content (AvgIpc) is 2.33. The number of nitrogens with one attached hydrogen (secondary N) is 2. The van der Waals surface area contributed by atoms with Crippen LogP contribution in [0.15, 0.2) is 29.1 Å². The van der Waals surface area contributed by atoms with Crippen LogP contribution in [-0.2, 0) is 6.18 Å². The van der Waals surface area contributed by atoms with Gasteiger partial charge in [-0.25, -0.2) is 0 Å². The third-order valence-electron chi connectivity index (χ3n) is 2.35. The first-order valence-corrected chi connectivity index (χ1v) is 5.25. The van der Waals surface area contributed by atoms with Crippen molar-refractivity contribution in [2.45, 2.75) is 13.1 Å². The van der Waals surface area contributed by atoms with E-state index in [1.807, 2.05) is 0 Å². The summed E-state index contributed by atoms with van der Waals surface area (Å²) in [7, 11) is 0. The van der Waals surface area contributed by atoms with E-state index in [1.54, 1.807) is 0 Å². The van der Waals surface area contributed by atoms with Crippen LogP contribution in [0.1, 0.15) is 11.3 Å². The van der Waals surface area contributed by atoms with E-state index >= 15 is 0 Å². The van der Waals surface area contributed by atoms with Gasteiger partial charge in [-0.05, 0) is 19.1 Å². The molecule has 1 aromatic heterocycles. The van der Waals surface area contributed by atoms with Gasteiger partial charge in [0.05, 0.1) is 11.3 Å². The lowest BCUT2D eigenvalue weighted by molar-refractivity contribution is -0.136. The molecule has 2 N–H and O–H groups in total. The van der Waals surface area contributed by atoms with E-state index < -0.39 is 17.3 Å². The predicted octanol–water partition coefficient (Wildman–Crippen LogP) is 2.24. The highest BCUT2D eigenvalue weighted by Crippen LogP contribution is 2.35. The van der Waals surface area contributed by atoms with E-state index in [-0.39, 0.29) is 17.3 Å². The van der Waals surface area contributed by atoms with Crippen molar-refractivity contribution >= 4 is 11.6 Å². The Bertz CT molecular complexity index is 651. The molecule has 19 heavy (non-hydrogen) atoms. The van der Waals surface area contributed by atoms with Gasteiger partial charge in [-0.1, -0.05) is 12.1 Å². The van der Waals surface area contributed by atoms with Crippen molar-refractivity contribution in [3.8, 4) is 0 Å². The van der Waals surface area contributed by atoms with E-state index in [1.165, 1.54) is 25.1 Å². The Hall–Kier alpha value is -2.38. The number of alkyl halides is 3. The molecule has 100 valence electrons. The first kappa shape index (κ1) is 13.1. The van der Waals surface area contributed by atoms with Crippen molar-refractivity contribution in [3.05, 3.63) is 45.9 Å². The monoisotopic (exact) mass is 270 g/mol. The number of nitrogens with zero attached hydrogens (tertiary/aromatic N) is 2. The summed E-state index contributed by atoms with van der Waals surface area (Å²) in [6.07, 6.45) is -4.50. The molecule has 1 aromatic carbocycles. The third kappa shape index (κ3) is 2.90. The minimum atomic E-state index is -4.50. The number of hydrogen-bond donors (Lipinski definition) is 2. The second-order valence-corrected chi connectivity index (χ2v) is 3.76. The van der Waals surface area contributed by atoms with Crippen LogP contribution in [0.3, 0.4) is 0 Å². The van der Waals surface area contributed by atoms with Crippen LogP contribution in [0.5, 0.6) is 0 Å². The summed E-state index contributed by atoms with van der Waals surface area (Å²) >= 11 is 0. The molecule has 5 nitrogen and oxygen atoms in total. The summed E-state index contributed by atoms with van der Waals surface area (Å²) in [5.74, 6) is -0.146. The fourth-order valence-electron chi connectivity index (χ4n) is 1.42. The molecule has 0 spiro atoms. The number of para-hydroxylation sites is 1. The van der Waals surface area contributed by atoms with Crippen molar-refractivity contribution in [1.29, 1.82) is 0 Å². The number of aryl methyl sites for hydroxylation is 1. The lowest BCUT2D eigenvalue weighted by atomic mass is 10.1. The molecule has 2 aromatic rings. The van der Waals surface area contributed by atoms with Crippen LogP contribution in [0, 0.1) is 6.92 Å². The van der Waals surface area contributed by atoms with E-state index in [0.29, 0.717) is 0 Å². The van der Waals surface area contributed by atoms with Crippen LogP contribution in [0.25, 0.3) is 0 Å². The Morgan fingerprint density at radius 3 is 2.53 bits per heavy atom. The van der Waals surface area contributed by atoms with Crippen LogP contribution in [0.2, 0.25) is 0 Å². The molecule has 0 radical (unpaired) electrons. The minimum absolute atomic E-state index is 0.134. The molecule has 0 saturated heterocycles. The summed E-state index contributed by atoms with van der Waals surface area (Å²) in [5.41, 5.74) is -1.43. The van der Waals surface area contributed by atoms with Crippen LogP contribution in [-0.4, -0.2) is 15.2 Å². The number of aromatic amines is 1. The number of benzene rings is 1. The van der Waals surface area contributed by atoms with Crippen molar-refractivity contribution in [2.24, 2.45) is 0 Å². The molecule has 1 heterocycles. The van der Waals surface area contributed by atoms with Gasteiger partial charge in [0.1, 0.15) is 5.69 Å². The molecular formula is C11H9F3N4O. The summed E-state index contributed by atoms with van der Waals surface area (Å²) < 4.78 is 38.2. The molecule has 0 aliphatic rings. The van der Waals surface area contributed by atoms with Gasteiger partial charge in [0, 0.05) is 0 Å². The molecule has 0 aliphatic carbocycles. The number of rotatable bonds is 2. The number of anilines is 2. The molecule has 0 amide bonds. The second-order valence-electron chi connectivity index (χ2n) is 3.76. The van der Waals surface area contributed by atoms with Gasteiger partial charge in [-0.15, -0.1) is 10.2 Å². The van der Waals surface area contributed by atoms with Gasteiger partial charge in [0.15, 0.2) is 0 Å². The number of hydrogen-bond acceptors (Lipinski definition) is 4. The maximum atomic E-state index is 12.7. The molecule has 8 heteroatoms. The average molecular weight is 270 g/mol. The topological polar surface area (TPSA) is 70.7 Å². The molecule has 0 aliphatic heterocycles. The Labute approximate surface area is 105 Å². The lowest BCUT2D eigenvalue weighted by Crippen LogP contribution is -2.16. The zero-order valence-corrected chi connectivity index (χ0v) is 9.75. The first-order chi connectivity index (χ1) is 8.88. The van der Waals surface area contributed by atoms with E-state index in [0.717, 1.165) is 6.07 Å². The van der Waals surface area contributed by atoms with Gasteiger partial charge in [-0.3, -0.25) is 9.78 Å². The summed E-state index contributed by atoms with van der Waals surface area (Å²) in [6.45, 7) is 1.44. The maximum Gasteiger partial charge on any atom is 0.418 e. The fraction of sp³-hybridized carbons (Fsp3) is 0.182. The van der Waals surface area contributed by atoms with E-state index in [4.69, 9.17) is 0 Å². The maximum absolute atomic E-state index is 12.7. The molecule has 0 atom stereocenters. The predicted molar refractivity (Wildman–Crippen MR) is 62.1 cm³/mol. The van der Waals surface area contributed by atoms with Crippen LogP contribution < -0.4 is 10.9 Å². The summed E-state index contributed by atoms with van der Waals surface area (Å²) in [5, 5.41) is 9.50. The van der Waals surface area contributed by atoms with E-state index in [9.17, 15) is 18.0 Å². The van der Waals surface area contributed by atoms with Crippen LogP contribution >= 0.6 is 0 Å². The van der Waals surface area contributed by atoms with Crippen molar-refractivity contribution in [1.82, 2.24) is 15.2 Å². The lowest BCUT2D eigenvalue weighted by Gasteiger charge is -2.13. The number of aromatic nitrogens is 3. The molecule has 0 fully saturated rings. The molecule has 2 rings (SSSR count). The molecule has 0 bridgehead atoms. The third-order valence-corrected chi connectivity index (χ3v) is 2.35. The highest BCUT2D eigenvalue weighted by Gasteiger charge is 2.33. The SMILES string of the molecule is Cc1nnc(Nc2ccccc2C(F)(F)F)[nH]c1=O. The molecule has 0 unspecified atom stereocenters. The Morgan fingerprint density at radius 2 is 1.89 bits per heavy atom. The van der Waals surface area contributed by atoms with Gasteiger partial charge in [-0.2, -0.15) is 13.2 Å².